The SMILES string of the molecule is COCCCNC(=O)[C@@H]1Cc2cc([N+](=O)[O-])ccc2N2CCN(Cc3ccc(Cl)cc3)C[C@H]12. The van der Waals surface area contributed by atoms with Gasteiger partial charge in [-0.15, -0.1) is 0 Å². The first-order valence-corrected chi connectivity index (χ1v) is 11.6. The van der Waals surface area contributed by atoms with Crippen molar-refractivity contribution in [2.75, 3.05) is 44.8 Å². The molecule has 2 aromatic rings. The van der Waals surface area contributed by atoms with Gasteiger partial charge in [0.1, 0.15) is 0 Å². The summed E-state index contributed by atoms with van der Waals surface area (Å²) in [6.45, 7) is 4.27. The van der Waals surface area contributed by atoms with Gasteiger partial charge >= 0.3 is 0 Å². The van der Waals surface area contributed by atoms with Gasteiger partial charge in [-0.2, -0.15) is 0 Å². The fourth-order valence-corrected chi connectivity index (χ4v) is 4.96. The van der Waals surface area contributed by atoms with E-state index in [1.807, 2.05) is 30.3 Å². The molecule has 0 unspecified atom stereocenters. The smallest absolute Gasteiger partial charge is 0.269 e. The van der Waals surface area contributed by atoms with Crippen molar-refractivity contribution < 1.29 is 14.5 Å². The quantitative estimate of drug-likeness (QED) is 0.360. The van der Waals surface area contributed by atoms with Crippen LogP contribution in [0, 0.1) is 16.0 Å². The lowest BCUT2D eigenvalue weighted by atomic mass is 9.83. The molecule has 0 bridgehead atoms. The van der Waals surface area contributed by atoms with E-state index in [0.29, 0.717) is 24.6 Å². The number of carbonyl (C=O) groups excluding carboxylic acids is 1. The zero-order valence-corrected chi connectivity index (χ0v) is 19.5. The minimum atomic E-state index is -0.379. The molecule has 33 heavy (non-hydrogen) atoms. The fraction of sp³-hybridized carbons (Fsp3) is 0.458. The van der Waals surface area contributed by atoms with Gasteiger partial charge in [-0.05, 0) is 42.2 Å². The number of amides is 1. The zero-order chi connectivity index (χ0) is 23.4. The van der Waals surface area contributed by atoms with E-state index in [2.05, 4.69) is 15.1 Å². The van der Waals surface area contributed by atoms with Gasteiger partial charge in [0.05, 0.1) is 16.9 Å². The lowest BCUT2D eigenvalue weighted by molar-refractivity contribution is -0.384. The molecule has 2 heterocycles. The van der Waals surface area contributed by atoms with Crippen LogP contribution in [-0.2, 0) is 22.5 Å². The molecule has 2 aromatic carbocycles. The van der Waals surface area contributed by atoms with E-state index >= 15 is 0 Å². The molecule has 2 aliphatic heterocycles. The summed E-state index contributed by atoms with van der Waals surface area (Å²) in [7, 11) is 1.64. The molecule has 4 rings (SSSR count). The van der Waals surface area contributed by atoms with Gasteiger partial charge in [0.15, 0.2) is 0 Å². The van der Waals surface area contributed by atoms with Crippen LogP contribution >= 0.6 is 11.6 Å². The lowest BCUT2D eigenvalue weighted by Crippen LogP contribution is -2.60. The standard InChI is InChI=1S/C24H29ClN4O4/c1-33-12-2-9-26-24(30)21-14-18-13-20(29(31)32)7-8-22(18)28-11-10-27(16-23(21)28)15-17-3-5-19(25)6-4-17/h3-8,13,21,23H,2,9-12,14-16H2,1H3,(H,26,30)/t21-,23-/m1/s1. The average molecular weight is 473 g/mol. The second-order valence-electron chi connectivity index (χ2n) is 8.64. The number of nitrogens with zero attached hydrogens (tertiary/aromatic N) is 3. The van der Waals surface area contributed by atoms with Crippen LogP contribution in [0.15, 0.2) is 42.5 Å². The van der Waals surface area contributed by atoms with Crippen LogP contribution in [0.3, 0.4) is 0 Å². The molecule has 176 valence electrons. The molecule has 1 amide bonds. The predicted octanol–water partition coefficient (Wildman–Crippen LogP) is 3.26. The highest BCUT2D eigenvalue weighted by Crippen LogP contribution is 2.38. The third-order valence-corrected chi connectivity index (χ3v) is 6.72. The number of nitro benzene ring substituents is 1. The Morgan fingerprint density at radius 3 is 2.76 bits per heavy atom. The third kappa shape index (κ3) is 5.46. The first kappa shape index (κ1) is 23.5. The number of nitro groups is 1. The van der Waals surface area contributed by atoms with Gasteiger partial charge in [-0.25, -0.2) is 0 Å². The maximum Gasteiger partial charge on any atom is 0.269 e. The van der Waals surface area contributed by atoms with Gasteiger partial charge in [0.2, 0.25) is 5.91 Å². The number of nitrogens with one attached hydrogen (secondary N) is 1. The molecule has 1 fully saturated rings. The highest BCUT2D eigenvalue weighted by Gasteiger charge is 2.41. The minimum absolute atomic E-state index is 0.00225. The van der Waals surface area contributed by atoms with Gasteiger partial charge in [0.25, 0.3) is 5.69 Å². The molecule has 2 atom stereocenters. The summed E-state index contributed by atoms with van der Waals surface area (Å²) in [5, 5.41) is 15.1. The summed E-state index contributed by atoms with van der Waals surface area (Å²) in [6.07, 6.45) is 1.23. The zero-order valence-electron chi connectivity index (χ0n) is 18.7. The van der Waals surface area contributed by atoms with Crippen molar-refractivity contribution in [1.82, 2.24) is 10.2 Å². The number of non-ortho nitro benzene ring substituents is 1. The number of halogens is 1. The summed E-state index contributed by atoms with van der Waals surface area (Å²) >= 11 is 6.02. The maximum absolute atomic E-state index is 13.2. The van der Waals surface area contributed by atoms with E-state index in [-0.39, 0.29) is 28.5 Å². The lowest BCUT2D eigenvalue weighted by Gasteiger charge is -2.49. The monoisotopic (exact) mass is 472 g/mol. The molecule has 1 saturated heterocycles. The highest BCUT2D eigenvalue weighted by molar-refractivity contribution is 6.30. The number of hydrogen-bond acceptors (Lipinski definition) is 6. The van der Waals surface area contributed by atoms with Crippen molar-refractivity contribution >= 4 is 28.9 Å². The van der Waals surface area contributed by atoms with Crippen LogP contribution in [0.25, 0.3) is 0 Å². The molecular formula is C24H29ClN4O4. The number of benzene rings is 2. The first-order chi connectivity index (χ1) is 16.0. The molecule has 0 aromatic heterocycles. The van der Waals surface area contributed by atoms with Crippen LogP contribution < -0.4 is 10.2 Å². The predicted molar refractivity (Wildman–Crippen MR) is 128 cm³/mol. The van der Waals surface area contributed by atoms with E-state index in [9.17, 15) is 14.9 Å². The Bertz CT molecular complexity index is 1000. The molecule has 0 spiro atoms. The molecule has 0 radical (unpaired) electrons. The number of carbonyl (C=O) groups is 1. The third-order valence-electron chi connectivity index (χ3n) is 6.47. The topological polar surface area (TPSA) is 87.9 Å². The number of rotatable bonds is 8. The van der Waals surface area contributed by atoms with Gasteiger partial charge in [0, 0.05) is 69.3 Å². The normalized spacial score (nSPS) is 20.1. The molecule has 2 aliphatic rings. The average Bonchev–Trinajstić information content (AvgIpc) is 2.82. The van der Waals surface area contributed by atoms with Gasteiger partial charge in [-0.1, -0.05) is 23.7 Å². The Morgan fingerprint density at radius 1 is 1.24 bits per heavy atom. The summed E-state index contributed by atoms with van der Waals surface area (Å²) in [4.78, 5) is 28.8. The van der Waals surface area contributed by atoms with E-state index in [4.69, 9.17) is 16.3 Å². The van der Waals surface area contributed by atoms with E-state index in [1.54, 1.807) is 19.2 Å². The van der Waals surface area contributed by atoms with Crippen molar-refractivity contribution in [2.24, 2.45) is 5.92 Å². The summed E-state index contributed by atoms with van der Waals surface area (Å²) in [5.41, 5.74) is 3.11. The van der Waals surface area contributed by atoms with Crippen LogP contribution in [0.4, 0.5) is 11.4 Å². The van der Waals surface area contributed by atoms with E-state index in [0.717, 1.165) is 43.9 Å². The second kappa shape index (κ2) is 10.5. The number of methoxy groups -OCH3 is 1. The molecule has 9 heteroatoms. The van der Waals surface area contributed by atoms with Crippen molar-refractivity contribution in [1.29, 1.82) is 0 Å². The maximum atomic E-state index is 13.2. The van der Waals surface area contributed by atoms with Crippen molar-refractivity contribution in [3.05, 3.63) is 68.7 Å². The molecule has 8 nitrogen and oxygen atoms in total. The van der Waals surface area contributed by atoms with Crippen molar-refractivity contribution in [3.63, 3.8) is 0 Å². The Morgan fingerprint density at radius 2 is 2.03 bits per heavy atom. The number of anilines is 1. The number of fused-ring (bicyclic) bond motifs is 3. The number of hydrogen-bond donors (Lipinski definition) is 1. The van der Waals surface area contributed by atoms with Crippen LogP contribution in [-0.4, -0.2) is 61.7 Å². The molecule has 0 aliphatic carbocycles. The Hall–Kier alpha value is -2.68. The second-order valence-corrected chi connectivity index (χ2v) is 9.08. The number of piperazine rings is 1. The van der Waals surface area contributed by atoms with Crippen LogP contribution in [0.1, 0.15) is 17.5 Å². The summed E-state index contributed by atoms with van der Waals surface area (Å²) < 4.78 is 5.08. The summed E-state index contributed by atoms with van der Waals surface area (Å²) in [5.74, 6) is -0.290. The Kier molecular flexibility index (Phi) is 7.47. The minimum Gasteiger partial charge on any atom is -0.385 e. The fourth-order valence-electron chi connectivity index (χ4n) is 4.83. The summed E-state index contributed by atoms with van der Waals surface area (Å²) in [6, 6.07) is 12.9. The number of ether oxygens (including phenoxy) is 1. The van der Waals surface area contributed by atoms with Crippen LogP contribution in [0.2, 0.25) is 5.02 Å². The first-order valence-electron chi connectivity index (χ1n) is 11.2. The highest BCUT2D eigenvalue weighted by atomic mass is 35.5. The van der Waals surface area contributed by atoms with Crippen LogP contribution in [0.5, 0.6) is 0 Å². The van der Waals surface area contributed by atoms with E-state index < -0.39 is 0 Å². The largest absolute Gasteiger partial charge is 0.385 e. The van der Waals surface area contributed by atoms with Gasteiger partial charge in [-0.3, -0.25) is 19.8 Å². The van der Waals surface area contributed by atoms with Gasteiger partial charge < -0.3 is 15.0 Å². The molecule has 1 N–H and O–H groups in total. The van der Waals surface area contributed by atoms with Crippen molar-refractivity contribution in [2.45, 2.75) is 25.4 Å². The van der Waals surface area contributed by atoms with E-state index in [1.165, 1.54) is 5.56 Å². The Balaban J connectivity index is 1.55. The molecule has 0 saturated carbocycles. The molecular weight excluding hydrogens is 444 g/mol. The van der Waals surface area contributed by atoms with Crippen molar-refractivity contribution in [3.8, 4) is 0 Å². The Labute approximate surface area is 198 Å².